The van der Waals surface area contributed by atoms with Crippen molar-refractivity contribution in [2.24, 2.45) is 5.73 Å². The number of ketones is 1. The Kier molecular flexibility index (Phi) is 6.25. The molecule has 0 atom stereocenters. The van der Waals surface area contributed by atoms with Crippen LogP contribution in [0.2, 0.25) is 5.02 Å². The largest absolute Gasteiger partial charge is 0.412 e. The highest BCUT2D eigenvalue weighted by molar-refractivity contribution is 7.89. The Morgan fingerprint density at radius 1 is 1.22 bits per heavy atom. The zero-order valence-electron chi connectivity index (χ0n) is 12.4. The van der Waals surface area contributed by atoms with Crippen molar-refractivity contribution >= 4 is 39.5 Å². The Balaban J connectivity index is 2.96. The van der Waals surface area contributed by atoms with Crippen molar-refractivity contribution in [3.63, 3.8) is 0 Å². The number of ether oxygens (including phenoxy) is 1. The van der Waals surface area contributed by atoms with Gasteiger partial charge < -0.3 is 10.5 Å². The molecule has 0 saturated carbocycles. The van der Waals surface area contributed by atoms with E-state index < -0.39 is 27.9 Å². The van der Waals surface area contributed by atoms with Crippen LogP contribution in [0.25, 0.3) is 0 Å². The fraction of sp³-hybridized carbons (Fsp3) is 0.308. The van der Waals surface area contributed by atoms with Crippen molar-refractivity contribution in [2.45, 2.75) is 17.7 Å². The zero-order valence-corrected chi connectivity index (χ0v) is 14.0. The quantitative estimate of drug-likeness (QED) is 0.460. The Morgan fingerprint density at radius 2 is 1.83 bits per heavy atom. The molecule has 8 nitrogen and oxygen atoms in total. The van der Waals surface area contributed by atoms with Gasteiger partial charge in [0.1, 0.15) is 4.90 Å². The van der Waals surface area contributed by atoms with Crippen LogP contribution in [-0.4, -0.2) is 44.7 Å². The van der Waals surface area contributed by atoms with Gasteiger partial charge in [0.15, 0.2) is 5.78 Å². The average molecular weight is 363 g/mol. The van der Waals surface area contributed by atoms with Crippen molar-refractivity contribution in [1.29, 1.82) is 0 Å². The van der Waals surface area contributed by atoms with Crippen molar-refractivity contribution in [2.75, 3.05) is 14.1 Å². The molecule has 0 spiro atoms. The van der Waals surface area contributed by atoms with Gasteiger partial charge in [0.2, 0.25) is 10.0 Å². The van der Waals surface area contributed by atoms with Gasteiger partial charge in [0, 0.05) is 26.1 Å². The Bertz CT molecular complexity index is 745. The van der Waals surface area contributed by atoms with Gasteiger partial charge in [-0.1, -0.05) is 11.6 Å². The first-order valence-electron chi connectivity index (χ1n) is 6.31. The lowest BCUT2D eigenvalue weighted by Gasteiger charge is -2.13. The number of nitrogens with zero attached hydrogens (tertiary/aromatic N) is 1. The Labute approximate surface area is 138 Å². The third-order valence-corrected chi connectivity index (χ3v) is 5.08. The smallest absolute Gasteiger partial charge is 0.376 e. The van der Waals surface area contributed by atoms with E-state index in [0.29, 0.717) is 0 Å². The molecular weight excluding hydrogens is 348 g/mol. The zero-order chi connectivity index (χ0) is 17.8. The summed E-state index contributed by atoms with van der Waals surface area (Å²) in [4.78, 5) is 33.4. The molecule has 0 aliphatic rings. The molecule has 0 saturated heterocycles. The monoisotopic (exact) mass is 362 g/mol. The Hall–Kier alpha value is -1.97. The van der Waals surface area contributed by atoms with Crippen molar-refractivity contribution in [3.05, 3.63) is 28.8 Å². The molecule has 0 fully saturated rings. The Morgan fingerprint density at radius 3 is 2.35 bits per heavy atom. The summed E-state index contributed by atoms with van der Waals surface area (Å²) < 4.78 is 29.3. The predicted molar refractivity (Wildman–Crippen MR) is 81.6 cm³/mol. The number of esters is 1. The van der Waals surface area contributed by atoms with Crippen LogP contribution in [-0.2, 0) is 19.6 Å². The van der Waals surface area contributed by atoms with Crippen LogP contribution in [0.3, 0.4) is 0 Å². The molecule has 0 radical (unpaired) electrons. The summed E-state index contributed by atoms with van der Waals surface area (Å²) in [7, 11) is -1.15. The third-order valence-electron chi connectivity index (χ3n) is 2.78. The molecule has 0 heterocycles. The van der Waals surface area contributed by atoms with Gasteiger partial charge in [-0.15, -0.1) is 0 Å². The molecule has 0 bridgehead atoms. The second kappa shape index (κ2) is 7.53. The van der Waals surface area contributed by atoms with E-state index in [1.54, 1.807) is 0 Å². The first-order chi connectivity index (χ1) is 10.6. The van der Waals surface area contributed by atoms with Crippen molar-refractivity contribution in [1.82, 2.24) is 4.31 Å². The van der Waals surface area contributed by atoms with Crippen molar-refractivity contribution < 1.29 is 27.5 Å². The molecule has 2 N–H and O–H groups in total. The number of halogens is 1. The van der Waals surface area contributed by atoms with Crippen LogP contribution in [0.1, 0.15) is 23.2 Å². The lowest BCUT2D eigenvalue weighted by Crippen LogP contribution is -2.23. The third kappa shape index (κ3) is 5.02. The van der Waals surface area contributed by atoms with Gasteiger partial charge in [0.05, 0.1) is 11.4 Å². The molecule has 23 heavy (non-hydrogen) atoms. The number of hydrogen-bond donors (Lipinski definition) is 1. The van der Waals surface area contributed by atoms with Gasteiger partial charge in [0.25, 0.3) is 0 Å². The predicted octanol–water partition coefficient (Wildman–Crippen LogP) is 1.18. The number of rotatable bonds is 6. The molecule has 1 rings (SSSR count). The minimum Gasteiger partial charge on any atom is -0.376 e. The van der Waals surface area contributed by atoms with Crippen LogP contribution >= 0.6 is 11.6 Å². The lowest BCUT2D eigenvalue weighted by atomic mass is 10.1. The summed E-state index contributed by atoms with van der Waals surface area (Å²) in [6, 6.07) is 3.77. The molecule has 1 aromatic rings. The van der Waals surface area contributed by atoms with Gasteiger partial charge >= 0.3 is 12.1 Å². The number of sulfonamides is 1. The average Bonchev–Trinajstić information content (AvgIpc) is 2.44. The first-order valence-corrected chi connectivity index (χ1v) is 8.13. The van der Waals surface area contributed by atoms with E-state index in [2.05, 4.69) is 10.5 Å². The second-order valence-electron chi connectivity index (χ2n) is 4.65. The first kappa shape index (κ1) is 19.1. The molecule has 1 amide bonds. The highest BCUT2D eigenvalue weighted by Crippen LogP contribution is 2.25. The van der Waals surface area contributed by atoms with E-state index in [9.17, 15) is 22.8 Å². The van der Waals surface area contributed by atoms with E-state index in [0.717, 1.165) is 10.4 Å². The molecule has 1 aromatic carbocycles. The molecular formula is C13H15ClN2O6S. The molecule has 0 aliphatic heterocycles. The molecule has 0 aliphatic carbocycles. The number of carbonyl (C=O) groups is 3. The summed E-state index contributed by atoms with van der Waals surface area (Å²) in [6.07, 6.45) is -1.89. The molecule has 0 unspecified atom stereocenters. The van der Waals surface area contributed by atoms with Gasteiger partial charge in [-0.05, 0) is 18.2 Å². The maximum absolute atomic E-state index is 12.1. The van der Waals surface area contributed by atoms with E-state index in [1.165, 1.54) is 26.2 Å². The fourth-order valence-corrected chi connectivity index (χ4v) is 2.99. The standard InChI is InChI=1S/C13H15ClN2O6S/c1-16(2)23(20,21)11-7-8(3-4-9(11)14)10(17)5-6-12(18)22-13(15)19/h3-4,7H,5-6H2,1-2H3,(H2,15,19). The van der Waals surface area contributed by atoms with Crippen LogP contribution in [0, 0.1) is 0 Å². The number of amides is 1. The minimum absolute atomic E-state index is 0.0246. The van der Waals surface area contributed by atoms with Crippen molar-refractivity contribution in [3.8, 4) is 0 Å². The second-order valence-corrected chi connectivity index (χ2v) is 7.18. The highest BCUT2D eigenvalue weighted by Gasteiger charge is 2.22. The van der Waals surface area contributed by atoms with Crippen LogP contribution in [0.15, 0.2) is 23.1 Å². The number of Topliss-reactive ketones (excluding diaryl/α,β-unsaturated/α-hetero) is 1. The molecule has 126 valence electrons. The summed E-state index contributed by atoms with van der Waals surface area (Å²) >= 11 is 5.87. The molecule has 0 aromatic heterocycles. The summed E-state index contributed by atoms with van der Waals surface area (Å²) in [6.45, 7) is 0. The number of carbonyl (C=O) groups excluding carboxylic acids is 3. The van der Waals surface area contributed by atoms with E-state index in [1.807, 2.05) is 0 Å². The maximum Gasteiger partial charge on any atom is 0.412 e. The number of nitrogens with two attached hydrogens (primary N) is 1. The lowest BCUT2D eigenvalue weighted by molar-refractivity contribution is -0.137. The normalized spacial score (nSPS) is 11.3. The van der Waals surface area contributed by atoms with E-state index in [4.69, 9.17) is 11.6 Å². The van der Waals surface area contributed by atoms with Gasteiger partial charge in [-0.3, -0.25) is 9.59 Å². The topological polar surface area (TPSA) is 124 Å². The summed E-state index contributed by atoms with van der Waals surface area (Å²) in [5.41, 5.74) is 4.74. The van der Waals surface area contributed by atoms with Gasteiger partial charge in [-0.25, -0.2) is 17.5 Å². The van der Waals surface area contributed by atoms with Crippen LogP contribution in [0.4, 0.5) is 4.79 Å². The molecule has 10 heteroatoms. The minimum atomic E-state index is -3.81. The van der Waals surface area contributed by atoms with Crippen LogP contribution in [0.5, 0.6) is 0 Å². The highest BCUT2D eigenvalue weighted by atomic mass is 35.5. The number of benzene rings is 1. The summed E-state index contributed by atoms with van der Waals surface area (Å²) in [5, 5.41) is -0.0246. The number of hydrogen-bond acceptors (Lipinski definition) is 6. The van der Waals surface area contributed by atoms with Gasteiger partial charge in [-0.2, -0.15) is 0 Å². The fourth-order valence-electron chi connectivity index (χ4n) is 1.59. The van der Waals surface area contributed by atoms with E-state index >= 15 is 0 Å². The maximum atomic E-state index is 12.1. The van der Waals surface area contributed by atoms with E-state index in [-0.39, 0.29) is 28.3 Å². The SMILES string of the molecule is CN(C)S(=O)(=O)c1cc(C(=O)CCC(=O)OC(N)=O)ccc1Cl. The number of primary amides is 1. The van der Waals surface area contributed by atoms with Crippen LogP contribution < -0.4 is 5.73 Å². The summed E-state index contributed by atoms with van der Waals surface area (Å²) in [5.74, 6) is -1.45.